The summed E-state index contributed by atoms with van der Waals surface area (Å²) in [4.78, 5) is 25.3. The van der Waals surface area contributed by atoms with Crippen LogP contribution in [0.4, 0.5) is 10.7 Å². The molecule has 0 bridgehead atoms. The second kappa shape index (κ2) is 8.27. The van der Waals surface area contributed by atoms with Crippen molar-refractivity contribution in [3.8, 4) is 5.75 Å². The number of anilines is 2. The monoisotopic (exact) mass is 439 g/mol. The molecule has 2 N–H and O–H groups in total. The molecule has 1 amide bonds. The van der Waals surface area contributed by atoms with Gasteiger partial charge in [-0.1, -0.05) is 18.2 Å². The van der Waals surface area contributed by atoms with Crippen LogP contribution in [0.2, 0.25) is 0 Å². The number of ether oxygens (including phenoxy) is 2. The highest BCUT2D eigenvalue weighted by molar-refractivity contribution is 7.10. The molecule has 0 aliphatic heterocycles. The summed E-state index contributed by atoms with van der Waals surface area (Å²) in [5.74, 6) is -0.631. The molecule has 2 aromatic heterocycles. The van der Waals surface area contributed by atoms with Crippen molar-refractivity contribution in [1.29, 1.82) is 0 Å². The Bertz CT molecular complexity index is 1290. The minimum absolute atomic E-state index is 0.327. The molecule has 0 saturated carbocycles. The minimum Gasteiger partial charge on any atom is -0.495 e. The van der Waals surface area contributed by atoms with Crippen molar-refractivity contribution >= 4 is 56.0 Å². The van der Waals surface area contributed by atoms with Crippen LogP contribution in [0.5, 0.6) is 5.75 Å². The van der Waals surface area contributed by atoms with Crippen molar-refractivity contribution in [2.45, 2.75) is 20.0 Å². The highest BCUT2D eigenvalue weighted by atomic mass is 32.1. The molecule has 2 aromatic carbocycles. The van der Waals surface area contributed by atoms with Gasteiger partial charge >= 0.3 is 5.97 Å². The Hall–Kier alpha value is -3.59. The second-order valence-corrected chi connectivity index (χ2v) is 7.68. The number of nitrogens with zero attached hydrogens (tertiary/aromatic N) is 1. The minimum atomic E-state index is -1.03. The fourth-order valence-electron chi connectivity index (χ4n) is 3.31. The van der Waals surface area contributed by atoms with Gasteiger partial charge < -0.3 is 24.5 Å². The zero-order valence-electron chi connectivity index (χ0n) is 17.4. The lowest BCUT2D eigenvalue weighted by Crippen LogP contribution is -2.30. The third-order valence-corrected chi connectivity index (χ3v) is 5.86. The van der Waals surface area contributed by atoms with Crippen molar-refractivity contribution in [2.24, 2.45) is 0 Å². The van der Waals surface area contributed by atoms with Crippen LogP contribution >= 0.6 is 11.5 Å². The summed E-state index contributed by atoms with van der Waals surface area (Å²) in [6.07, 6.45) is -1.03. The van der Waals surface area contributed by atoms with Crippen LogP contribution in [-0.2, 0) is 9.53 Å². The molecule has 4 rings (SSSR count). The maximum Gasteiger partial charge on any atom is 0.343 e. The normalized spacial score (nSPS) is 12.0. The van der Waals surface area contributed by atoms with Gasteiger partial charge in [-0.15, -0.1) is 0 Å². The van der Waals surface area contributed by atoms with E-state index in [1.54, 1.807) is 20.0 Å². The van der Waals surface area contributed by atoms with Gasteiger partial charge in [0, 0.05) is 23.9 Å². The first kappa shape index (κ1) is 20.7. The number of hydrogen-bond acceptors (Lipinski definition) is 8. The molecule has 31 heavy (non-hydrogen) atoms. The number of esters is 1. The van der Waals surface area contributed by atoms with Gasteiger partial charge in [-0.2, -0.15) is 4.37 Å². The second-order valence-electron chi connectivity index (χ2n) is 6.91. The predicted octanol–water partition coefficient (Wildman–Crippen LogP) is 4.59. The number of carbonyl (C=O) groups excluding carboxylic acids is 2. The SMILES string of the molecule is CNc1snc(C)c1C(=O)O[C@@H](C)C(=O)Nc1cc2oc3ccccc3c2cc1OC. The van der Waals surface area contributed by atoms with E-state index < -0.39 is 18.0 Å². The van der Waals surface area contributed by atoms with Crippen LogP contribution in [-0.4, -0.2) is 36.5 Å². The number of fused-ring (bicyclic) bond motifs is 3. The fourth-order valence-corrected chi connectivity index (χ4v) is 4.04. The number of hydrogen-bond donors (Lipinski definition) is 2. The van der Waals surface area contributed by atoms with Gasteiger partial charge in [0.2, 0.25) is 0 Å². The van der Waals surface area contributed by atoms with Crippen molar-refractivity contribution in [3.05, 3.63) is 47.7 Å². The Morgan fingerprint density at radius 3 is 2.68 bits per heavy atom. The lowest BCUT2D eigenvalue weighted by atomic mass is 10.1. The summed E-state index contributed by atoms with van der Waals surface area (Å²) >= 11 is 1.16. The van der Waals surface area contributed by atoms with E-state index in [0.717, 1.165) is 27.9 Å². The first-order valence-corrected chi connectivity index (χ1v) is 10.4. The van der Waals surface area contributed by atoms with E-state index >= 15 is 0 Å². The van der Waals surface area contributed by atoms with Gasteiger partial charge in [-0.05, 0) is 37.5 Å². The molecule has 0 unspecified atom stereocenters. The van der Waals surface area contributed by atoms with Gasteiger partial charge in [-0.3, -0.25) is 4.79 Å². The Balaban J connectivity index is 1.56. The molecule has 9 heteroatoms. The van der Waals surface area contributed by atoms with Gasteiger partial charge in [0.05, 0.1) is 18.5 Å². The van der Waals surface area contributed by atoms with Gasteiger partial charge in [0.25, 0.3) is 5.91 Å². The Morgan fingerprint density at radius 2 is 1.94 bits per heavy atom. The predicted molar refractivity (Wildman–Crippen MR) is 120 cm³/mol. The number of para-hydroxylation sites is 1. The van der Waals surface area contributed by atoms with Gasteiger partial charge in [0.15, 0.2) is 6.10 Å². The van der Waals surface area contributed by atoms with E-state index in [1.165, 1.54) is 14.0 Å². The largest absolute Gasteiger partial charge is 0.495 e. The molecule has 0 spiro atoms. The number of carbonyl (C=O) groups is 2. The van der Waals surface area contributed by atoms with Crippen molar-refractivity contribution in [2.75, 3.05) is 24.8 Å². The van der Waals surface area contributed by atoms with E-state index in [9.17, 15) is 9.59 Å². The average molecular weight is 439 g/mol. The van der Waals surface area contributed by atoms with Crippen molar-refractivity contribution in [3.63, 3.8) is 0 Å². The first-order valence-electron chi connectivity index (χ1n) is 9.58. The summed E-state index contributed by atoms with van der Waals surface area (Å²) in [6, 6.07) is 11.2. The van der Waals surface area contributed by atoms with E-state index in [-0.39, 0.29) is 0 Å². The number of furan rings is 1. The zero-order chi connectivity index (χ0) is 22.1. The fraction of sp³-hybridized carbons (Fsp3) is 0.227. The average Bonchev–Trinajstić information content (AvgIpc) is 3.32. The molecule has 0 fully saturated rings. The molecular weight excluding hydrogens is 418 g/mol. The van der Waals surface area contributed by atoms with Crippen LogP contribution in [0.15, 0.2) is 40.8 Å². The summed E-state index contributed by atoms with van der Waals surface area (Å²) in [7, 11) is 3.22. The molecule has 2 heterocycles. The van der Waals surface area contributed by atoms with Crippen LogP contribution in [0.25, 0.3) is 21.9 Å². The highest BCUT2D eigenvalue weighted by Gasteiger charge is 2.25. The van der Waals surface area contributed by atoms with E-state index in [1.807, 2.05) is 30.3 Å². The standard InChI is InChI=1S/C22H21N3O5S/c1-11-19(21(23-3)31-25-11)22(27)29-12(2)20(26)24-15-10-17-14(9-18(15)28-4)13-7-5-6-8-16(13)30-17/h5-10,12,23H,1-4H3,(H,24,26)/t12-/m0/s1. The molecule has 8 nitrogen and oxygen atoms in total. The lowest BCUT2D eigenvalue weighted by Gasteiger charge is -2.15. The highest BCUT2D eigenvalue weighted by Crippen LogP contribution is 2.36. The van der Waals surface area contributed by atoms with Crippen LogP contribution in [0.1, 0.15) is 23.0 Å². The van der Waals surface area contributed by atoms with E-state index in [0.29, 0.717) is 33.3 Å². The van der Waals surface area contributed by atoms with Crippen LogP contribution in [0.3, 0.4) is 0 Å². The number of amides is 1. The Labute approximate surface area is 182 Å². The number of methoxy groups -OCH3 is 1. The van der Waals surface area contributed by atoms with Crippen molar-refractivity contribution in [1.82, 2.24) is 4.37 Å². The molecule has 0 radical (unpaired) electrons. The van der Waals surface area contributed by atoms with Gasteiger partial charge in [0.1, 0.15) is 27.5 Å². The zero-order valence-corrected chi connectivity index (χ0v) is 18.3. The molecule has 0 aliphatic carbocycles. The molecular formula is C22H21N3O5S. The van der Waals surface area contributed by atoms with Crippen LogP contribution in [0, 0.1) is 6.92 Å². The van der Waals surface area contributed by atoms with Crippen molar-refractivity contribution < 1.29 is 23.5 Å². The number of benzene rings is 2. The third-order valence-electron chi connectivity index (χ3n) is 4.90. The van der Waals surface area contributed by atoms with Crippen LogP contribution < -0.4 is 15.4 Å². The molecule has 1 atom stereocenters. The summed E-state index contributed by atoms with van der Waals surface area (Å²) in [6.45, 7) is 3.22. The maximum absolute atomic E-state index is 12.7. The maximum atomic E-state index is 12.7. The number of rotatable bonds is 6. The first-order chi connectivity index (χ1) is 14.9. The molecule has 0 aliphatic rings. The number of aromatic nitrogens is 1. The number of nitrogens with one attached hydrogen (secondary N) is 2. The van der Waals surface area contributed by atoms with Gasteiger partial charge in [-0.25, -0.2) is 4.79 Å². The quantitative estimate of drug-likeness (QED) is 0.424. The third kappa shape index (κ3) is 3.79. The summed E-state index contributed by atoms with van der Waals surface area (Å²) in [5.41, 5.74) is 2.65. The van der Waals surface area contributed by atoms with E-state index in [2.05, 4.69) is 15.0 Å². The smallest absolute Gasteiger partial charge is 0.343 e. The lowest BCUT2D eigenvalue weighted by molar-refractivity contribution is -0.123. The Kier molecular flexibility index (Phi) is 5.51. The Morgan fingerprint density at radius 1 is 1.16 bits per heavy atom. The molecule has 4 aromatic rings. The topological polar surface area (TPSA) is 103 Å². The summed E-state index contributed by atoms with van der Waals surface area (Å²) < 4.78 is 20.9. The van der Waals surface area contributed by atoms with E-state index in [4.69, 9.17) is 13.9 Å². The summed E-state index contributed by atoms with van der Waals surface area (Å²) in [5, 5.41) is 8.10. The number of aryl methyl sites for hydroxylation is 1. The molecule has 160 valence electrons. The molecule has 0 saturated heterocycles.